The molecule has 0 bridgehead atoms. The molecule has 5 N–H and O–H groups in total. The average molecular weight is 387 g/mol. The van der Waals surface area contributed by atoms with E-state index in [0.717, 1.165) is 0 Å². The summed E-state index contributed by atoms with van der Waals surface area (Å²) >= 11 is 0. The second-order valence-electron chi connectivity index (χ2n) is 5.01. The van der Waals surface area contributed by atoms with Crippen molar-refractivity contribution in [1.29, 1.82) is 0 Å². The van der Waals surface area contributed by atoms with Crippen LogP contribution in [0, 0.1) is 0 Å². The van der Waals surface area contributed by atoms with Gasteiger partial charge in [0.25, 0.3) is 0 Å². The quantitative estimate of drug-likeness (QED) is 0.237. The van der Waals surface area contributed by atoms with Gasteiger partial charge in [-0.2, -0.15) is 0 Å². The fourth-order valence-corrected chi connectivity index (χ4v) is 7.19. The second kappa shape index (κ2) is 8.14. The number of benzene rings is 1. The van der Waals surface area contributed by atoms with E-state index < -0.39 is 36.9 Å². The first kappa shape index (κ1) is 20.7. The molecule has 1 aromatic carbocycles. The highest BCUT2D eigenvalue weighted by molar-refractivity contribution is 7.97. The summed E-state index contributed by atoms with van der Waals surface area (Å²) in [6.07, 6.45) is 2.10. The summed E-state index contributed by atoms with van der Waals surface area (Å²) in [5.41, 5.74) is 0. The van der Waals surface area contributed by atoms with E-state index in [1.165, 1.54) is 0 Å². The zero-order chi connectivity index (χ0) is 17.7. The molecule has 132 valence electrons. The molecule has 0 spiro atoms. The maximum atomic E-state index is 11.3. The van der Waals surface area contributed by atoms with Crippen LogP contribution in [0.5, 0.6) is 5.75 Å². The molecule has 0 aromatic heterocycles. The van der Waals surface area contributed by atoms with Crippen LogP contribution in [0.25, 0.3) is 0 Å². The molecular formula is C12H21O8P2S+. The molecule has 0 heterocycles. The Labute approximate surface area is 137 Å². The van der Waals surface area contributed by atoms with Crippen molar-refractivity contribution in [3.8, 4) is 5.75 Å². The van der Waals surface area contributed by atoms with Gasteiger partial charge >= 0.3 is 20.3 Å². The van der Waals surface area contributed by atoms with Crippen LogP contribution in [0.3, 0.4) is 0 Å². The van der Waals surface area contributed by atoms with E-state index in [4.69, 9.17) is 24.3 Å². The highest BCUT2D eigenvalue weighted by atomic mass is 32.2. The van der Waals surface area contributed by atoms with E-state index in [1.807, 2.05) is 18.2 Å². The molecule has 0 fully saturated rings. The molecule has 0 aliphatic heterocycles. The van der Waals surface area contributed by atoms with Gasteiger partial charge in [-0.05, 0) is 23.0 Å². The minimum absolute atomic E-state index is 0.353. The van der Waals surface area contributed by atoms with Crippen LogP contribution in [0.4, 0.5) is 0 Å². The summed E-state index contributed by atoms with van der Waals surface area (Å²) in [6.45, 7) is 0.353. The van der Waals surface area contributed by atoms with Crippen molar-refractivity contribution in [1.82, 2.24) is 0 Å². The molecule has 8 nitrogen and oxygen atoms in total. The minimum atomic E-state index is -5.38. The number of ether oxygens (including phenoxy) is 1. The standard InChI is InChI=1S/C12H20O8P2S/c1-23(9-5-8-20-11-6-3-2-4-7-11)10-12(13,21(14,15)16)22(17,18)19/h2-4,6-7,13H,5,8-10H2,1H3,(H3-,14,15,16,17,18,19)/p+1/t23-/m1/s1. The van der Waals surface area contributed by atoms with E-state index >= 15 is 0 Å². The van der Waals surface area contributed by atoms with Gasteiger partial charge in [0.15, 0.2) is 5.75 Å². The lowest BCUT2D eigenvalue weighted by Gasteiger charge is -2.27. The van der Waals surface area contributed by atoms with Gasteiger partial charge in [-0.15, -0.1) is 0 Å². The molecule has 1 rings (SSSR count). The monoisotopic (exact) mass is 387 g/mol. The Morgan fingerprint density at radius 1 is 1.09 bits per heavy atom. The Morgan fingerprint density at radius 3 is 2.09 bits per heavy atom. The van der Waals surface area contributed by atoms with Crippen molar-refractivity contribution in [2.45, 2.75) is 11.5 Å². The number of para-hydroxylation sites is 1. The van der Waals surface area contributed by atoms with Crippen LogP contribution in [-0.2, 0) is 20.0 Å². The van der Waals surface area contributed by atoms with Crippen molar-refractivity contribution in [3.63, 3.8) is 0 Å². The van der Waals surface area contributed by atoms with E-state index in [2.05, 4.69) is 0 Å². The van der Waals surface area contributed by atoms with Gasteiger partial charge in [-0.3, -0.25) is 9.13 Å². The molecule has 23 heavy (non-hydrogen) atoms. The first-order chi connectivity index (χ1) is 10.5. The molecule has 0 saturated carbocycles. The summed E-state index contributed by atoms with van der Waals surface area (Å²) in [5.74, 6) is 0.424. The van der Waals surface area contributed by atoms with Crippen molar-refractivity contribution in [2.24, 2.45) is 0 Å². The molecule has 0 radical (unpaired) electrons. The van der Waals surface area contributed by atoms with E-state index in [1.54, 1.807) is 18.4 Å². The van der Waals surface area contributed by atoms with Crippen molar-refractivity contribution in [2.75, 3.05) is 24.4 Å². The fourth-order valence-electron chi connectivity index (χ4n) is 1.75. The zero-order valence-electron chi connectivity index (χ0n) is 12.5. The Bertz CT molecular complexity index is 562. The molecule has 0 aliphatic rings. The second-order valence-corrected chi connectivity index (χ2v) is 11.3. The van der Waals surface area contributed by atoms with Crippen LogP contribution in [-0.4, -0.2) is 54.1 Å². The first-order valence-electron chi connectivity index (χ1n) is 6.58. The summed E-state index contributed by atoms with van der Waals surface area (Å²) in [4.78, 5) is 36.4. The maximum absolute atomic E-state index is 11.3. The molecule has 1 atom stereocenters. The van der Waals surface area contributed by atoms with Gasteiger partial charge < -0.3 is 29.4 Å². The largest absolute Gasteiger partial charge is 0.493 e. The number of hydrogen-bond donors (Lipinski definition) is 5. The van der Waals surface area contributed by atoms with E-state index in [0.29, 0.717) is 24.5 Å². The van der Waals surface area contributed by atoms with Gasteiger partial charge in [0.2, 0.25) is 0 Å². The summed E-state index contributed by atoms with van der Waals surface area (Å²) < 4.78 is 28.0. The minimum Gasteiger partial charge on any atom is -0.493 e. The van der Waals surface area contributed by atoms with Crippen LogP contribution < -0.4 is 4.74 Å². The third-order valence-electron chi connectivity index (χ3n) is 3.02. The molecule has 0 aliphatic carbocycles. The lowest BCUT2D eigenvalue weighted by Crippen LogP contribution is -2.37. The van der Waals surface area contributed by atoms with E-state index in [9.17, 15) is 14.2 Å². The first-order valence-corrected chi connectivity index (χ1v) is 11.8. The van der Waals surface area contributed by atoms with Crippen LogP contribution in [0.2, 0.25) is 0 Å². The Balaban J connectivity index is 2.53. The van der Waals surface area contributed by atoms with Gasteiger partial charge in [-0.1, -0.05) is 18.2 Å². The van der Waals surface area contributed by atoms with Gasteiger partial charge in [0.1, 0.15) is 11.5 Å². The zero-order valence-corrected chi connectivity index (χ0v) is 15.1. The molecule has 0 amide bonds. The topological polar surface area (TPSA) is 145 Å². The SMILES string of the molecule is C[S@+](CCCOc1ccccc1)CC(O)(P(=O)(O)O)P(=O)(O)O. The van der Waals surface area contributed by atoms with Crippen LogP contribution in [0.1, 0.15) is 6.42 Å². The highest BCUT2D eigenvalue weighted by Gasteiger charge is 2.62. The van der Waals surface area contributed by atoms with Crippen molar-refractivity contribution < 1.29 is 38.5 Å². The van der Waals surface area contributed by atoms with Crippen molar-refractivity contribution >= 4 is 26.1 Å². The van der Waals surface area contributed by atoms with E-state index in [-0.39, 0.29) is 0 Å². The van der Waals surface area contributed by atoms with Crippen LogP contribution in [0.15, 0.2) is 30.3 Å². The Hall–Kier alpha value is -0.370. The van der Waals surface area contributed by atoms with Gasteiger partial charge in [0.05, 0.1) is 12.9 Å². The number of hydrogen-bond acceptors (Lipinski definition) is 4. The normalized spacial score (nSPS) is 14.5. The predicted octanol–water partition coefficient (Wildman–Crippen LogP) is 0.705. The summed E-state index contributed by atoms with van der Waals surface area (Å²) in [7, 11) is -11.6. The average Bonchev–Trinajstić information content (AvgIpc) is 2.42. The third-order valence-corrected chi connectivity index (χ3v) is 9.09. The molecule has 0 saturated heterocycles. The smallest absolute Gasteiger partial charge is 0.374 e. The lowest BCUT2D eigenvalue weighted by atomic mass is 10.3. The molecular weight excluding hydrogens is 366 g/mol. The van der Waals surface area contributed by atoms with Crippen LogP contribution >= 0.6 is 15.2 Å². The molecule has 1 aromatic rings. The molecule has 11 heteroatoms. The van der Waals surface area contributed by atoms with Crippen molar-refractivity contribution in [3.05, 3.63) is 30.3 Å². The van der Waals surface area contributed by atoms with Gasteiger partial charge in [0, 0.05) is 6.42 Å². The lowest BCUT2D eigenvalue weighted by molar-refractivity contribution is 0.149. The predicted molar refractivity (Wildman–Crippen MR) is 88.6 cm³/mol. The highest BCUT2D eigenvalue weighted by Crippen LogP contribution is 2.67. The number of aliphatic hydroxyl groups is 1. The third kappa shape index (κ3) is 5.89. The molecule has 0 unspecified atom stereocenters. The van der Waals surface area contributed by atoms with Gasteiger partial charge in [-0.25, -0.2) is 0 Å². The fraction of sp³-hybridized carbons (Fsp3) is 0.500. The summed E-state index contributed by atoms with van der Waals surface area (Å²) in [5, 5.41) is 6.50. The number of rotatable bonds is 9. The summed E-state index contributed by atoms with van der Waals surface area (Å²) in [6, 6.07) is 9.05. The Morgan fingerprint density at radius 2 is 1.61 bits per heavy atom. The Kier molecular flexibility index (Phi) is 7.32. The maximum Gasteiger partial charge on any atom is 0.374 e.